The summed E-state index contributed by atoms with van der Waals surface area (Å²) < 4.78 is 2.08. The lowest BCUT2D eigenvalue weighted by atomic mass is 9.79. The lowest BCUT2D eigenvalue weighted by Crippen LogP contribution is -2.44. The Bertz CT molecular complexity index is 954. The van der Waals surface area contributed by atoms with Gasteiger partial charge in [0.2, 0.25) is 0 Å². The fraction of sp³-hybridized carbons (Fsp3) is 0.400. The van der Waals surface area contributed by atoms with Gasteiger partial charge in [0.25, 0.3) is 5.91 Å². The molecule has 0 bridgehead atoms. The fourth-order valence-electron chi connectivity index (χ4n) is 3.64. The number of benzene rings is 1. The number of rotatable bonds is 6. The third kappa shape index (κ3) is 3.55. The van der Waals surface area contributed by atoms with E-state index in [1.165, 1.54) is 0 Å². The minimum absolute atomic E-state index is 0.0951. The zero-order valence-electron chi connectivity index (χ0n) is 16.4. The monoisotopic (exact) mass is 379 g/mol. The second-order valence-corrected chi connectivity index (χ2v) is 7.63. The second kappa shape index (κ2) is 7.55. The van der Waals surface area contributed by atoms with Crippen molar-refractivity contribution in [3.8, 4) is 11.3 Å². The van der Waals surface area contributed by atoms with Crippen LogP contribution >= 0.6 is 0 Å². The van der Waals surface area contributed by atoms with Crippen molar-refractivity contribution in [3.63, 3.8) is 0 Å². The van der Waals surface area contributed by atoms with Crippen LogP contribution in [0.3, 0.4) is 0 Å². The van der Waals surface area contributed by atoms with E-state index >= 15 is 0 Å². The van der Waals surface area contributed by atoms with Gasteiger partial charge in [-0.1, -0.05) is 30.3 Å². The van der Waals surface area contributed by atoms with Gasteiger partial charge in [0, 0.05) is 24.6 Å². The second-order valence-electron chi connectivity index (χ2n) is 7.63. The Morgan fingerprint density at radius 3 is 2.71 bits per heavy atom. The Morgan fingerprint density at radius 1 is 1.25 bits per heavy atom. The topological polar surface area (TPSA) is 91.7 Å². The number of hydrogen-bond donors (Lipinski definition) is 2. The first kappa shape index (κ1) is 18.4. The van der Waals surface area contributed by atoms with E-state index in [1.54, 1.807) is 6.20 Å². The van der Waals surface area contributed by atoms with E-state index in [1.807, 2.05) is 51.5 Å². The molecule has 2 aromatic heterocycles. The minimum Gasteiger partial charge on any atom is -0.349 e. The molecular weight excluding hydrogens is 354 g/mol. The van der Waals surface area contributed by atoms with Gasteiger partial charge in [0.05, 0.1) is 24.0 Å². The van der Waals surface area contributed by atoms with E-state index in [0.717, 1.165) is 42.3 Å². The molecule has 0 aliphatic heterocycles. The lowest BCUT2D eigenvalue weighted by molar-refractivity contribution is 0.0907. The van der Waals surface area contributed by atoms with Crippen molar-refractivity contribution in [1.29, 1.82) is 0 Å². The van der Waals surface area contributed by atoms with Crippen molar-refractivity contribution >= 4 is 5.91 Å². The van der Waals surface area contributed by atoms with Gasteiger partial charge in [0.15, 0.2) is 0 Å². The van der Waals surface area contributed by atoms with E-state index in [9.17, 15) is 4.79 Å². The number of amides is 1. The number of carbonyl (C=O) groups is 1. The molecular formula is C20H25N7O. The highest BCUT2D eigenvalue weighted by Gasteiger charge is 2.35. The molecule has 3 aromatic rings. The number of aromatic nitrogens is 5. The third-order valence-corrected chi connectivity index (χ3v) is 5.24. The van der Waals surface area contributed by atoms with Gasteiger partial charge in [-0.05, 0) is 26.9 Å². The van der Waals surface area contributed by atoms with Crippen LogP contribution in [0.15, 0.2) is 36.5 Å². The van der Waals surface area contributed by atoms with Crippen molar-refractivity contribution in [2.75, 3.05) is 14.1 Å². The van der Waals surface area contributed by atoms with E-state index < -0.39 is 0 Å². The Kier molecular flexibility index (Phi) is 4.95. The molecule has 0 unspecified atom stereocenters. The van der Waals surface area contributed by atoms with E-state index in [0.29, 0.717) is 11.5 Å². The molecule has 1 aliphatic carbocycles. The van der Waals surface area contributed by atoms with Crippen molar-refractivity contribution in [1.82, 2.24) is 35.2 Å². The molecule has 8 heteroatoms. The summed E-state index contributed by atoms with van der Waals surface area (Å²) in [5.41, 5.74) is 2.27. The lowest BCUT2D eigenvalue weighted by Gasteiger charge is -2.35. The van der Waals surface area contributed by atoms with Crippen molar-refractivity contribution in [2.45, 2.75) is 31.3 Å². The Morgan fingerprint density at radius 2 is 2.00 bits per heavy atom. The maximum atomic E-state index is 12.7. The SMILES string of the molecule is CN(C)Cc1nnc(C2CC(NC(=O)c3cn[nH]c3-c3ccccc3)C2)n1C. The van der Waals surface area contributed by atoms with Gasteiger partial charge >= 0.3 is 0 Å². The summed E-state index contributed by atoms with van der Waals surface area (Å²) in [4.78, 5) is 14.8. The summed E-state index contributed by atoms with van der Waals surface area (Å²) in [5.74, 6) is 2.19. The van der Waals surface area contributed by atoms with Crippen LogP contribution in [0.1, 0.15) is 40.8 Å². The van der Waals surface area contributed by atoms with Crippen LogP contribution in [0.25, 0.3) is 11.3 Å². The van der Waals surface area contributed by atoms with E-state index in [2.05, 4.69) is 35.2 Å². The molecule has 0 atom stereocenters. The Hall–Kier alpha value is -3.00. The summed E-state index contributed by atoms with van der Waals surface area (Å²) in [6.45, 7) is 0.763. The summed E-state index contributed by atoms with van der Waals surface area (Å²) in [6, 6.07) is 9.90. The number of nitrogens with one attached hydrogen (secondary N) is 2. The van der Waals surface area contributed by atoms with Crippen molar-refractivity contribution < 1.29 is 4.79 Å². The van der Waals surface area contributed by atoms with Gasteiger partial charge in [-0.2, -0.15) is 5.10 Å². The van der Waals surface area contributed by atoms with Crippen LogP contribution < -0.4 is 5.32 Å². The van der Waals surface area contributed by atoms with Gasteiger partial charge in [-0.25, -0.2) is 0 Å². The maximum Gasteiger partial charge on any atom is 0.255 e. The largest absolute Gasteiger partial charge is 0.349 e. The molecule has 1 fully saturated rings. The Balaban J connectivity index is 1.38. The highest BCUT2D eigenvalue weighted by molar-refractivity contribution is 5.99. The zero-order valence-corrected chi connectivity index (χ0v) is 16.4. The highest BCUT2D eigenvalue weighted by Crippen LogP contribution is 2.36. The molecule has 2 N–H and O–H groups in total. The van der Waals surface area contributed by atoms with Gasteiger partial charge < -0.3 is 14.8 Å². The van der Waals surface area contributed by atoms with Gasteiger partial charge in [-0.15, -0.1) is 10.2 Å². The van der Waals surface area contributed by atoms with Crippen LogP contribution in [0.2, 0.25) is 0 Å². The first-order valence-corrected chi connectivity index (χ1v) is 9.45. The van der Waals surface area contributed by atoms with Crippen LogP contribution in [0.4, 0.5) is 0 Å². The average Bonchev–Trinajstić information content (AvgIpc) is 3.26. The van der Waals surface area contributed by atoms with Crippen molar-refractivity contribution in [2.24, 2.45) is 7.05 Å². The van der Waals surface area contributed by atoms with Crippen LogP contribution in [0.5, 0.6) is 0 Å². The normalized spacial score (nSPS) is 18.9. The molecule has 0 spiro atoms. The number of H-pyrrole nitrogens is 1. The zero-order chi connectivity index (χ0) is 19.7. The number of aromatic amines is 1. The fourth-order valence-corrected chi connectivity index (χ4v) is 3.64. The molecule has 0 saturated heterocycles. The van der Waals surface area contributed by atoms with Gasteiger partial charge in [-0.3, -0.25) is 9.89 Å². The molecule has 28 heavy (non-hydrogen) atoms. The minimum atomic E-state index is -0.0951. The molecule has 2 heterocycles. The summed E-state index contributed by atoms with van der Waals surface area (Å²) in [7, 11) is 6.04. The molecule has 1 aromatic carbocycles. The van der Waals surface area contributed by atoms with E-state index in [-0.39, 0.29) is 11.9 Å². The molecule has 1 aliphatic rings. The summed E-state index contributed by atoms with van der Waals surface area (Å²) >= 11 is 0. The molecule has 146 valence electrons. The predicted molar refractivity (Wildman–Crippen MR) is 106 cm³/mol. The molecule has 4 rings (SSSR count). The van der Waals surface area contributed by atoms with Crippen LogP contribution in [-0.2, 0) is 13.6 Å². The Labute approximate surface area is 164 Å². The van der Waals surface area contributed by atoms with Crippen LogP contribution in [-0.4, -0.2) is 55.9 Å². The predicted octanol–water partition coefficient (Wildman–Crippen LogP) is 1.94. The first-order chi connectivity index (χ1) is 13.5. The molecule has 8 nitrogen and oxygen atoms in total. The number of nitrogens with zero attached hydrogens (tertiary/aromatic N) is 5. The quantitative estimate of drug-likeness (QED) is 0.683. The average molecular weight is 379 g/mol. The number of carbonyl (C=O) groups excluding carboxylic acids is 1. The standard InChI is InChI=1S/C20H25N7O/c1-26(2)12-17-23-25-19(27(17)3)14-9-15(10-14)22-20(28)16-11-21-24-18(16)13-7-5-4-6-8-13/h4-8,11,14-15H,9-10,12H2,1-3H3,(H,21,24)(H,22,28). The maximum absolute atomic E-state index is 12.7. The number of hydrogen-bond acceptors (Lipinski definition) is 5. The van der Waals surface area contributed by atoms with Gasteiger partial charge in [0.1, 0.15) is 11.6 Å². The summed E-state index contributed by atoms with van der Waals surface area (Å²) in [5, 5.41) is 18.8. The third-order valence-electron chi connectivity index (χ3n) is 5.24. The first-order valence-electron chi connectivity index (χ1n) is 9.45. The highest BCUT2D eigenvalue weighted by atomic mass is 16.1. The van der Waals surface area contributed by atoms with Crippen LogP contribution in [0, 0.1) is 0 Å². The smallest absolute Gasteiger partial charge is 0.255 e. The molecule has 1 amide bonds. The van der Waals surface area contributed by atoms with E-state index in [4.69, 9.17) is 0 Å². The summed E-state index contributed by atoms with van der Waals surface area (Å²) in [6.07, 6.45) is 3.33. The molecule has 1 saturated carbocycles. The van der Waals surface area contributed by atoms with Crippen molar-refractivity contribution in [3.05, 3.63) is 53.7 Å². The molecule has 0 radical (unpaired) electrons.